The number of rotatable bonds is 6. The van der Waals surface area contributed by atoms with E-state index in [1.165, 1.54) is 0 Å². The molecular formula is C14H24N4O. The summed E-state index contributed by atoms with van der Waals surface area (Å²) in [5.41, 5.74) is 0.699. The molecule has 0 atom stereocenters. The third-order valence-electron chi connectivity index (χ3n) is 2.90. The fourth-order valence-electron chi connectivity index (χ4n) is 2.02. The average molecular weight is 264 g/mol. The normalized spacial score (nSPS) is 11.1. The molecule has 5 nitrogen and oxygen atoms in total. The quantitative estimate of drug-likeness (QED) is 0.829. The third-order valence-corrected chi connectivity index (χ3v) is 2.90. The maximum atomic E-state index is 11.7. The van der Waals surface area contributed by atoms with Crippen LogP contribution in [-0.2, 0) is 0 Å². The molecule has 0 unspecified atom stereocenters. The average Bonchev–Trinajstić information content (AvgIpc) is 2.34. The number of anilines is 1. The lowest BCUT2D eigenvalue weighted by atomic mass is 10.2. The summed E-state index contributed by atoms with van der Waals surface area (Å²) in [5, 5.41) is 5.59. The second-order valence-corrected chi connectivity index (χ2v) is 5.05. The molecule has 0 aromatic carbocycles. The number of pyridine rings is 1. The molecule has 0 saturated heterocycles. The van der Waals surface area contributed by atoms with Gasteiger partial charge in [0.1, 0.15) is 0 Å². The van der Waals surface area contributed by atoms with Crippen LogP contribution in [0, 0.1) is 0 Å². The first-order valence-corrected chi connectivity index (χ1v) is 6.71. The molecule has 0 aliphatic rings. The summed E-state index contributed by atoms with van der Waals surface area (Å²) in [6, 6.07) is 4.35. The second-order valence-electron chi connectivity index (χ2n) is 5.05. The first kappa shape index (κ1) is 15.4. The Morgan fingerprint density at radius 1 is 1.32 bits per heavy atom. The van der Waals surface area contributed by atoms with Crippen LogP contribution in [0.4, 0.5) is 10.5 Å². The molecule has 0 aliphatic heterocycles. The largest absolute Gasteiger partial charge is 0.337 e. The topological polar surface area (TPSA) is 57.3 Å². The van der Waals surface area contributed by atoms with Crippen LogP contribution in [-0.4, -0.2) is 41.1 Å². The van der Waals surface area contributed by atoms with E-state index in [2.05, 4.69) is 48.2 Å². The number of urea groups is 1. The van der Waals surface area contributed by atoms with Crippen LogP contribution >= 0.6 is 0 Å². The smallest absolute Gasteiger partial charge is 0.319 e. The highest BCUT2D eigenvalue weighted by molar-refractivity contribution is 5.88. The number of aromatic nitrogens is 1. The summed E-state index contributed by atoms with van der Waals surface area (Å²) in [7, 11) is 0. The zero-order chi connectivity index (χ0) is 14.3. The van der Waals surface area contributed by atoms with Crippen LogP contribution in [0.5, 0.6) is 0 Å². The van der Waals surface area contributed by atoms with Gasteiger partial charge in [-0.05, 0) is 39.8 Å². The summed E-state index contributed by atoms with van der Waals surface area (Å²) in [6.45, 7) is 10.1. The van der Waals surface area contributed by atoms with Crippen molar-refractivity contribution in [2.24, 2.45) is 0 Å². The number of hydrogen-bond acceptors (Lipinski definition) is 3. The van der Waals surface area contributed by atoms with Gasteiger partial charge in [0, 0.05) is 31.4 Å². The molecular weight excluding hydrogens is 240 g/mol. The SMILES string of the molecule is CC(C)N(CCNC(=O)Nc1cccnc1)C(C)C. The van der Waals surface area contributed by atoms with Gasteiger partial charge < -0.3 is 10.6 Å². The standard InChI is InChI=1S/C14H24N4O/c1-11(2)18(12(3)4)9-8-16-14(19)17-13-6-5-7-15-10-13/h5-7,10-12H,8-9H2,1-4H3,(H2,16,17,19). The lowest BCUT2D eigenvalue weighted by Gasteiger charge is -2.30. The molecule has 0 radical (unpaired) electrons. The van der Waals surface area contributed by atoms with Crippen molar-refractivity contribution in [3.05, 3.63) is 24.5 Å². The van der Waals surface area contributed by atoms with Gasteiger partial charge in [-0.25, -0.2) is 4.79 Å². The van der Waals surface area contributed by atoms with Gasteiger partial charge in [-0.1, -0.05) is 0 Å². The lowest BCUT2D eigenvalue weighted by molar-refractivity contribution is 0.176. The van der Waals surface area contributed by atoms with Crippen LogP contribution in [0.25, 0.3) is 0 Å². The van der Waals surface area contributed by atoms with Gasteiger partial charge in [0.05, 0.1) is 11.9 Å². The number of carbonyl (C=O) groups is 1. The van der Waals surface area contributed by atoms with E-state index >= 15 is 0 Å². The number of nitrogens with one attached hydrogen (secondary N) is 2. The second kappa shape index (κ2) is 7.74. The molecule has 2 N–H and O–H groups in total. The van der Waals surface area contributed by atoms with Crippen molar-refractivity contribution < 1.29 is 4.79 Å². The van der Waals surface area contributed by atoms with Crippen LogP contribution in [0.15, 0.2) is 24.5 Å². The third kappa shape index (κ3) is 5.70. The highest BCUT2D eigenvalue weighted by Crippen LogP contribution is 2.04. The zero-order valence-electron chi connectivity index (χ0n) is 12.2. The number of hydrogen-bond donors (Lipinski definition) is 2. The Morgan fingerprint density at radius 2 is 2.00 bits per heavy atom. The first-order valence-electron chi connectivity index (χ1n) is 6.71. The molecule has 1 heterocycles. The first-order chi connectivity index (χ1) is 9.00. The monoisotopic (exact) mass is 264 g/mol. The van der Waals surface area contributed by atoms with Crippen LogP contribution < -0.4 is 10.6 Å². The molecule has 5 heteroatoms. The molecule has 0 fully saturated rings. The van der Waals surface area contributed by atoms with Crippen LogP contribution in [0.2, 0.25) is 0 Å². The van der Waals surface area contributed by atoms with Crippen LogP contribution in [0.1, 0.15) is 27.7 Å². The van der Waals surface area contributed by atoms with Crippen molar-refractivity contribution in [3.63, 3.8) is 0 Å². The van der Waals surface area contributed by atoms with Crippen molar-refractivity contribution >= 4 is 11.7 Å². The Hall–Kier alpha value is -1.62. The van der Waals surface area contributed by atoms with Gasteiger partial charge in [-0.3, -0.25) is 9.88 Å². The minimum absolute atomic E-state index is 0.194. The maximum absolute atomic E-state index is 11.7. The maximum Gasteiger partial charge on any atom is 0.319 e. The highest BCUT2D eigenvalue weighted by atomic mass is 16.2. The van der Waals surface area contributed by atoms with Gasteiger partial charge in [-0.15, -0.1) is 0 Å². The summed E-state index contributed by atoms with van der Waals surface area (Å²) in [6.07, 6.45) is 3.29. The molecule has 0 aliphatic carbocycles. The molecule has 1 rings (SSSR count). The molecule has 1 aromatic heterocycles. The van der Waals surface area contributed by atoms with Crippen LogP contribution in [0.3, 0.4) is 0 Å². The Morgan fingerprint density at radius 3 is 2.53 bits per heavy atom. The van der Waals surface area contributed by atoms with Crippen molar-refractivity contribution in [1.82, 2.24) is 15.2 Å². The lowest BCUT2D eigenvalue weighted by Crippen LogP contribution is -2.43. The van der Waals surface area contributed by atoms with E-state index in [0.717, 1.165) is 6.54 Å². The fourth-order valence-corrected chi connectivity index (χ4v) is 2.02. The fraction of sp³-hybridized carbons (Fsp3) is 0.571. The Labute approximate surface area is 115 Å². The van der Waals surface area contributed by atoms with Crippen molar-refractivity contribution in [3.8, 4) is 0 Å². The number of nitrogens with zero attached hydrogens (tertiary/aromatic N) is 2. The van der Waals surface area contributed by atoms with Crippen molar-refractivity contribution in [2.45, 2.75) is 39.8 Å². The van der Waals surface area contributed by atoms with E-state index in [4.69, 9.17) is 0 Å². The predicted octanol–water partition coefficient (Wildman–Crippen LogP) is 2.32. The van der Waals surface area contributed by atoms with E-state index < -0.39 is 0 Å². The van der Waals surface area contributed by atoms with E-state index in [1.54, 1.807) is 24.5 Å². The molecule has 2 amide bonds. The molecule has 0 spiro atoms. The van der Waals surface area contributed by atoms with Gasteiger partial charge in [0.15, 0.2) is 0 Å². The Balaban J connectivity index is 2.31. The van der Waals surface area contributed by atoms with Gasteiger partial charge in [-0.2, -0.15) is 0 Å². The van der Waals surface area contributed by atoms with Gasteiger partial charge >= 0.3 is 6.03 Å². The summed E-state index contributed by atoms with van der Waals surface area (Å²) >= 11 is 0. The minimum atomic E-state index is -0.194. The molecule has 19 heavy (non-hydrogen) atoms. The highest BCUT2D eigenvalue weighted by Gasteiger charge is 2.12. The van der Waals surface area contributed by atoms with E-state index in [9.17, 15) is 4.79 Å². The minimum Gasteiger partial charge on any atom is -0.337 e. The number of amides is 2. The summed E-state index contributed by atoms with van der Waals surface area (Å²) in [4.78, 5) is 17.9. The number of carbonyl (C=O) groups excluding carboxylic acids is 1. The van der Waals surface area contributed by atoms with Crippen molar-refractivity contribution in [1.29, 1.82) is 0 Å². The summed E-state index contributed by atoms with van der Waals surface area (Å²) in [5.74, 6) is 0. The van der Waals surface area contributed by atoms with E-state index in [-0.39, 0.29) is 6.03 Å². The molecule has 0 saturated carbocycles. The molecule has 0 bridgehead atoms. The Kier molecular flexibility index (Phi) is 6.29. The van der Waals surface area contributed by atoms with Gasteiger partial charge in [0.25, 0.3) is 0 Å². The summed E-state index contributed by atoms with van der Waals surface area (Å²) < 4.78 is 0. The Bertz CT molecular complexity index is 370. The molecule has 1 aromatic rings. The zero-order valence-corrected chi connectivity index (χ0v) is 12.2. The molecule has 106 valence electrons. The predicted molar refractivity (Wildman–Crippen MR) is 78.2 cm³/mol. The van der Waals surface area contributed by atoms with Gasteiger partial charge in [0.2, 0.25) is 0 Å². The van der Waals surface area contributed by atoms with E-state index in [1.807, 2.05) is 0 Å². The van der Waals surface area contributed by atoms with E-state index in [0.29, 0.717) is 24.3 Å². The van der Waals surface area contributed by atoms with Crippen molar-refractivity contribution in [2.75, 3.05) is 18.4 Å².